The van der Waals surface area contributed by atoms with Gasteiger partial charge in [-0.1, -0.05) is 0 Å². The zero-order chi connectivity index (χ0) is 15.4. The van der Waals surface area contributed by atoms with E-state index in [0.717, 1.165) is 13.0 Å². The van der Waals surface area contributed by atoms with Gasteiger partial charge in [0, 0.05) is 6.92 Å². The summed E-state index contributed by atoms with van der Waals surface area (Å²) in [6, 6.07) is -1.19. The van der Waals surface area contributed by atoms with Crippen LogP contribution < -0.4 is 10.4 Å². The molecule has 0 spiro atoms. The van der Waals surface area contributed by atoms with Gasteiger partial charge in [0.25, 0.3) is 0 Å². The highest BCUT2D eigenvalue weighted by Crippen LogP contribution is 2.22. The van der Waals surface area contributed by atoms with Crippen LogP contribution in [0, 0.1) is 0 Å². The van der Waals surface area contributed by atoms with Crippen molar-refractivity contribution in [2.24, 2.45) is 0 Å². The van der Waals surface area contributed by atoms with Crippen LogP contribution >= 0.6 is 0 Å². The molecule has 1 aliphatic rings. The Hall–Kier alpha value is -1.68. The van der Waals surface area contributed by atoms with Crippen LogP contribution in [0.15, 0.2) is 11.8 Å². The molecule has 9 heteroatoms. The zero-order valence-corrected chi connectivity index (χ0v) is 10.6. The molecule has 0 aromatic rings. The third-order valence-electron chi connectivity index (χ3n) is 2.80. The second-order valence-electron chi connectivity index (χ2n) is 4.36. The molecule has 1 amide bonds. The van der Waals surface area contributed by atoms with Gasteiger partial charge in [0.15, 0.2) is 6.10 Å². The van der Waals surface area contributed by atoms with Crippen LogP contribution in [0.1, 0.15) is 6.92 Å². The van der Waals surface area contributed by atoms with Gasteiger partial charge in [-0.2, -0.15) is 0 Å². The molecule has 114 valence electrons. The topological polar surface area (TPSA) is 159 Å². The van der Waals surface area contributed by atoms with Gasteiger partial charge in [0.1, 0.15) is 23.9 Å². The summed E-state index contributed by atoms with van der Waals surface area (Å²) < 4.78 is 4.92. The van der Waals surface area contributed by atoms with Crippen molar-refractivity contribution in [2.45, 2.75) is 37.4 Å². The summed E-state index contributed by atoms with van der Waals surface area (Å²) in [4.78, 5) is 21.8. The fourth-order valence-electron chi connectivity index (χ4n) is 1.84. The molecule has 0 aromatic heterocycles. The zero-order valence-electron chi connectivity index (χ0n) is 10.6. The first-order valence-corrected chi connectivity index (χ1v) is 5.80. The quantitative estimate of drug-likeness (QED) is 0.339. The molecule has 5 atom stereocenters. The Kier molecular flexibility index (Phi) is 5.45. The highest BCUT2D eigenvalue weighted by Gasteiger charge is 2.41. The minimum absolute atomic E-state index is 0.557. The van der Waals surface area contributed by atoms with Crippen LogP contribution in [-0.4, -0.2) is 69.4 Å². The van der Waals surface area contributed by atoms with E-state index in [4.69, 9.17) is 9.84 Å². The molecular formula is C11H16NO8-. The van der Waals surface area contributed by atoms with Crippen molar-refractivity contribution in [3.8, 4) is 0 Å². The molecule has 0 saturated heterocycles. The third-order valence-corrected chi connectivity index (χ3v) is 2.80. The number of carboxylic acid groups (broad SMARTS) is 1. The van der Waals surface area contributed by atoms with E-state index in [1.807, 2.05) is 0 Å². The van der Waals surface area contributed by atoms with Gasteiger partial charge >= 0.3 is 0 Å². The van der Waals surface area contributed by atoms with Crippen LogP contribution in [0.4, 0.5) is 0 Å². The Morgan fingerprint density at radius 1 is 1.50 bits per heavy atom. The number of aliphatic hydroxyl groups is 4. The molecule has 0 aliphatic carbocycles. The molecular weight excluding hydrogens is 274 g/mol. The summed E-state index contributed by atoms with van der Waals surface area (Å²) in [6.07, 6.45) is -5.48. The maximum atomic E-state index is 11.1. The van der Waals surface area contributed by atoms with E-state index < -0.39 is 54.7 Å². The standard InChI is InChI=1S/C11H17NO8/c1-4(14)12-8-5(15)2-7(11(18)19)20-10(8)9(17)6(16)3-13/h2,5-6,8-10,13,15-17H,3H2,1H3,(H,12,14)(H,18,19)/p-1/t5?,6-,8-,9-,10?/m1/s1. The largest absolute Gasteiger partial charge is 0.542 e. The first-order chi connectivity index (χ1) is 9.27. The molecule has 0 radical (unpaired) electrons. The second kappa shape index (κ2) is 6.66. The van der Waals surface area contributed by atoms with Crippen molar-refractivity contribution in [3.05, 3.63) is 11.8 Å². The minimum atomic E-state index is -1.73. The van der Waals surface area contributed by atoms with Gasteiger partial charge in [-0.3, -0.25) is 4.79 Å². The molecule has 9 nitrogen and oxygen atoms in total. The van der Waals surface area contributed by atoms with Gasteiger partial charge in [-0.25, -0.2) is 0 Å². The molecule has 0 saturated carbocycles. The highest BCUT2D eigenvalue weighted by molar-refractivity contribution is 5.82. The maximum absolute atomic E-state index is 11.1. The molecule has 0 fully saturated rings. The lowest BCUT2D eigenvalue weighted by Gasteiger charge is -2.39. The van der Waals surface area contributed by atoms with Gasteiger partial charge < -0.3 is 40.4 Å². The van der Waals surface area contributed by atoms with Gasteiger partial charge in [-0.15, -0.1) is 0 Å². The first kappa shape index (κ1) is 16.4. The van der Waals surface area contributed by atoms with Crippen molar-refractivity contribution >= 4 is 11.9 Å². The number of carbonyl (C=O) groups is 2. The lowest BCUT2D eigenvalue weighted by Crippen LogP contribution is -2.60. The normalized spacial score (nSPS) is 28.9. The Bertz CT molecular complexity index is 409. The average Bonchev–Trinajstić information content (AvgIpc) is 2.38. The molecule has 1 aliphatic heterocycles. The predicted molar refractivity (Wildman–Crippen MR) is 60.7 cm³/mol. The molecule has 20 heavy (non-hydrogen) atoms. The number of ether oxygens (including phenoxy) is 1. The maximum Gasteiger partial charge on any atom is 0.217 e. The lowest BCUT2D eigenvalue weighted by atomic mass is 9.94. The van der Waals surface area contributed by atoms with E-state index in [-0.39, 0.29) is 0 Å². The molecule has 1 rings (SSSR count). The van der Waals surface area contributed by atoms with E-state index in [9.17, 15) is 30.0 Å². The van der Waals surface area contributed by atoms with E-state index in [1.54, 1.807) is 0 Å². The Labute approximate surface area is 114 Å². The number of carboxylic acids is 1. The predicted octanol–water partition coefficient (Wildman–Crippen LogP) is -4.40. The van der Waals surface area contributed by atoms with Crippen LogP contribution in [-0.2, 0) is 14.3 Å². The van der Waals surface area contributed by atoms with E-state index in [2.05, 4.69) is 5.32 Å². The minimum Gasteiger partial charge on any atom is -0.542 e. The number of aliphatic hydroxyl groups excluding tert-OH is 4. The van der Waals surface area contributed by atoms with Crippen molar-refractivity contribution in [2.75, 3.05) is 6.61 Å². The average molecular weight is 290 g/mol. The number of hydrogen-bond acceptors (Lipinski definition) is 8. The van der Waals surface area contributed by atoms with Crippen molar-refractivity contribution < 1.29 is 39.9 Å². The summed E-state index contributed by atoms with van der Waals surface area (Å²) in [5.74, 6) is -3.01. The highest BCUT2D eigenvalue weighted by atomic mass is 16.5. The molecule has 2 unspecified atom stereocenters. The monoisotopic (exact) mass is 290 g/mol. The van der Waals surface area contributed by atoms with Gasteiger partial charge in [-0.05, 0) is 6.08 Å². The smallest absolute Gasteiger partial charge is 0.217 e. The van der Waals surface area contributed by atoms with Crippen LogP contribution in [0.25, 0.3) is 0 Å². The first-order valence-electron chi connectivity index (χ1n) is 5.80. The summed E-state index contributed by atoms with van der Waals surface area (Å²) in [6.45, 7) is 0.338. The summed E-state index contributed by atoms with van der Waals surface area (Å²) >= 11 is 0. The number of nitrogens with one attached hydrogen (secondary N) is 1. The molecule has 0 aromatic carbocycles. The number of aliphatic carboxylic acids is 1. The second-order valence-corrected chi connectivity index (χ2v) is 4.36. The van der Waals surface area contributed by atoms with Crippen LogP contribution in [0.3, 0.4) is 0 Å². The lowest BCUT2D eigenvalue weighted by molar-refractivity contribution is -0.305. The van der Waals surface area contributed by atoms with Crippen molar-refractivity contribution in [3.63, 3.8) is 0 Å². The Balaban J connectivity index is 3.04. The van der Waals surface area contributed by atoms with E-state index in [1.165, 1.54) is 0 Å². The van der Waals surface area contributed by atoms with E-state index >= 15 is 0 Å². The van der Waals surface area contributed by atoms with Gasteiger partial charge in [0.2, 0.25) is 5.91 Å². The molecule has 5 N–H and O–H groups in total. The Morgan fingerprint density at radius 2 is 2.10 bits per heavy atom. The van der Waals surface area contributed by atoms with Gasteiger partial charge in [0.05, 0.1) is 18.8 Å². The SMILES string of the molecule is CC(=O)N[C@@H]1C(O)C=C(C(=O)[O-])OC1[C@H](O)[C@H](O)CO. The summed E-state index contributed by atoms with van der Waals surface area (Å²) in [7, 11) is 0. The number of carbonyl (C=O) groups excluding carboxylic acids is 2. The Morgan fingerprint density at radius 3 is 2.55 bits per heavy atom. The molecule has 0 bridgehead atoms. The summed E-state index contributed by atoms with van der Waals surface area (Å²) in [5.41, 5.74) is 0. The fraction of sp³-hybridized carbons (Fsp3) is 0.636. The number of hydrogen-bond donors (Lipinski definition) is 5. The van der Waals surface area contributed by atoms with E-state index in [0.29, 0.717) is 0 Å². The summed E-state index contributed by atoms with van der Waals surface area (Å²) in [5, 5.41) is 50.8. The van der Waals surface area contributed by atoms with Crippen molar-refractivity contribution in [1.29, 1.82) is 0 Å². The van der Waals surface area contributed by atoms with Crippen molar-refractivity contribution in [1.82, 2.24) is 5.32 Å². The third kappa shape index (κ3) is 3.67. The molecule has 1 heterocycles. The van der Waals surface area contributed by atoms with Crippen LogP contribution in [0.2, 0.25) is 0 Å². The number of rotatable bonds is 5. The number of amides is 1. The fourth-order valence-corrected chi connectivity index (χ4v) is 1.84. The van der Waals surface area contributed by atoms with Crippen LogP contribution in [0.5, 0.6) is 0 Å².